The van der Waals surface area contributed by atoms with Crippen molar-refractivity contribution in [1.82, 2.24) is 20.0 Å². The van der Waals surface area contributed by atoms with Gasteiger partial charge in [0.2, 0.25) is 5.13 Å². The van der Waals surface area contributed by atoms with Gasteiger partial charge in [-0.25, -0.2) is 9.78 Å². The maximum atomic E-state index is 11.0. The summed E-state index contributed by atoms with van der Waals surface area (Å²) in [6, 6.07) is 0. The lowest BCUT2D eigenvalue weighted by atomic mass is 10.1. The first-order valence-corrected chi connectivity index (χ1v) is 6.00. The fourth-order valence-electron chi connectivity index (χ4n) is 1.54. The Bertz CT molecular complexity index is 558. The van der Waals surface area contributed by atoms with E-state index in [0.717, 1.165) is 5.69 Å². The zero-order valence-electron chi connectivity index (χ0n) is 9.71. The second-order valence-electron chi connectivity index (χ2n) is 3.97. The third kappa shape index (κ3) is 2.05. The molecule has 0 aliphatic heterocycles. The van der Waals surface area contributed by atoms with Gasteiger partial charge in [-0.1, -0.05) is 19.1 Å². The molecule has 0 bridgehead atoms. The van der Waals surface area contributed by atoms with Crippen LogP contribution in [-0.4, -0.2) is 31.1 Å². The molecule has 0 fully saturated rings. The zero-order chi connectivity index (χ0) is 12.6. The van der Waals surface area contributed by atoms with Crippen molar-refractivity contribution in [3.8, 4) is 5.13 Å². The average molecular weight is 252 g/mol. The molecule has 7 heteroatoms. The number of rotatable bonds is 3. The molecule has 6 nitrogen and oxygen atoms in total. The maximum Gasteiger partial charge on any atom is 0.358 e. The van der Waals surface area contributed by atoms with Crippen LogP contribution >= 0.6 is 11.3 Å². The summed E-state index contributed by atoms with van der Waals surface area (Å²) in [6.07, 6.45) is 0. The molecular formula is C10H12N4O2S. The molecule has 2 aromatic rings. The van der Waals surface area contributed by atoms with Gasteiger partial charge >= 0.3 is 5.97 Å². The van der Waals surface area contributed by atoms with Gasteiger partial charge in [0, 0.05) is 5.38 Å². The van der Waals surface area contributed by atoms with Crippen LogP contribution in [0.15, 0.2) is 5.38 Å². The lowest BCUT2D eigenvalue weighted by Gasteiger charge is -2.06. The Balaban J connectivity index is 2.59. The van der Waals surface area contributed by atoms with Gasteiger partial charge in [-0.2, -0.15) is 4.68 Å². The van der Waals surface area contributed by atoms with Crippen molar-refractivity contribution in [2.24, 2.45) is 0 Å². The van der Waals surface area contributed by atoms with E-state index in [1.54, 1.807) is 0 Å². The molecule has 2 rings (SSSR count). The third-order valence-electron chi connectivity index (χ3n) is 2.24. The minimum Gasteiger partial charge on any atom is -0.476 e. The normalized spacial score (nSPS) is 11.1. The zero-order valence-corrected chi connectivity index (χ0v) is 10.5. The van der Waals surface area contributed by atoms with E-state index in [-0.39, 0.29) is 11.6 Å². The van der Waals surface area contributed by atoms with E-state index in [1.807, 2.05) is 26.2 Å². The van der Waals surface area contributed by atoms with Crippen LogP contribution in [0.4, 0.5) is 0 Å². The Morgan fingerprint density at radius 3 is 2.71 bits per heavy atom. The molecule has 0 unspecified atom stereocenters. The summed E-state index contributed by atoms with van der Waals surface area (Å²) in [5.41, 5.74) is 1.45. The Labute approximate surface area is 102 Å². The van der Waals surface area contributed by atoms with Crippen molar-refractivity contribution < 1.29 is 9.90 Å². The standard InChI is InChI=1S/C10H12N4O2S/c1-5(2)8-7(9(15)16)12-13-14(8)10-11-6(3)4-17-10/h4-5H,1-3H3,(H,15,16). The number of nitrogens with zero attached hydrogens (tertiary/aromatic N) is 4. The fourth-order valence-corrected chi connectivity index (χ4v) is 2.30. The largest absolute Gasteiger partial charge is 0.476 e. The first-order valence-electron chi connectivity index (χ1n) is 5.12. The van der Waals surface area contributed by atoms with Crippen LogP contribution in [0.1, 0.15) is 41.6 Å². The Morgan fingerprint density at radius 2 is 2.24 bits per heavy atom. The van der Waals surface area contributed by atoms with E-state index in [9.17, 15) is 4.79 Å². The van der Waals surface area contributed by atoms with Crippen LogP contribution < -0.4 is 0 Å². The van der Waals surface area contributed by atoms with Crippen molar-refractivity contribution in [2.75, 3.05) is 0 Å². The molecular weight excluding hydrogens is 240 g/mol. The SMILES string of the molecule is Cc1csc(-n2nnc(C(=O)O)c2C(C)C)n1. The third-order valence-corrected chi connectivity index (χ3v) is 3.18. The van der Waals surface area contributed by atoms with Crippen LogP contribution in [0.5, 0.6) is 0 Å². The first kappa shape index (κ1) is 11.7. The molecule has 1 N–H and O–H groups in total. The predicted octanol–water partition coefficient (Wildman–Crippen LogP) is 1.85. The molecule has 0 radical (unpaired) electrons. The van der Waals surface area contributed by atoms with Crippen molar-refractivity contribution in [3.63, 3.8) is 0 Å². The fraction of sp³-hybridized carbons (Fsp3) is 0.400. The molecule has 2 heterocycles. The summed E-state index contributed by atoms with van der Waals surface area (Å²) in [6.45, 7) is 5.69. The number of hydrogen-bond acceptors (Lipinski definition) is 5. The summed E-state index contributed by atoms with van der Waals surface area (Å²) in [7, 11) is 0. The van der Waals surface area contributed by atoms with Crippen molar-refractivity contribution >= 4 is 17.3 Å². The second kappa shape index (κ2) is 4.25. The molecule has 0 aliphatic carbocycles. The topological polar surface area (TPSA) is 80.9 Å². The van der Waals surface area contributed by atoms with E-state index < -0.39 is 5.97 Å². The monoisotopic (exact) mass is 252 g/mol. The first-order chi connectivity index (χ1) is 8.00. The number of thiazole rings is 1. The van der Waals surface area contributed by atoms with E-state index in [1.165, 1.54) is 16.0 Å². The maximum absolute atomic E-state index is 11.0. The summed E-state index contributed by atoms with van der Waals surface area (Å²) in [4.78, 5) is 15.3. The van der Waals surface area contributed by atoms with Crippen LogP contribution in [-0.2, 0) is 0 Å². The van der Waals surface area contributed by atoms with Gasteiger partial charge in [-0.3, -0.25) is 0 Å². The number of aryl methyl sites for hydroxylation is 1. The van der Waals surface area contributed by atoms with Crippen molar-refractivity contribution in [2.45, 2.75) is 26.7 Å². The highest BCUT2D eigenvalue weighted by molar-refractivity contribution is 7.12. The molecule has 0 spiro atoms. The molecule has 0 atom stereocenters. The Kier molecular flexibility index (Phi) is 2.93. The minimum atomic E-state index is -1.06. The van der Waals surface area contributed by atoms with E-state index in [0.29, 0.717) is 10.8 Å². The van der Waals surface area contributed by atoms with Gasteiger partial charge in [-0.15, -0.1) is 16.4 Å². The van der Waals surface area contributed by atoms with Gasteiger partial charge in [0.05, 0.1) is 11.4 Å². The van der Waals surface area contributed by atoms with Crippen molar-refractivity contribution in [1.29, 1.82) is 0 Å². The smallest absolute Gasteiger partial charge is 0.358 e. The number of carbonyl (C=O) groups is 1. The lowest BCUT2D eigenvalue weighted by Crippen LogP contribution is -2.08. The summed E-state index contributed by atoms with van der Waals surface area (Å²) in [5, 5.41) is 19.2. The Hall–Kier alpha value is -1.76. The molecule has 0 amide bonds. The van der Waals surface area contributed by atoms with E-state index in [4.69, 9.17) is 5.11 Å². The molecule has 17 heavy (non-hydrogen) atoms. The molecule has 0 saturated heterocycles. The molecule has 90 valence electrons. The highest BCUT2D eigenvalue weighted by Gasteiger charge is 2.23. The highest BCUT2D eigenvalue weighted by atomic mass is 32.1. The van der Waals surface area contributed by atoms with Crippen LogP contribution in [0, 0.1) is 6.92 Å². The van der Waals surface area contributed by atoms with Gasteiger partial charge in [0.15, 0.2) is 5.69 Å². The second-order valence-corrected chi connectivity index (χ2v) is 4.80. The number of hydrogen-bond donors (Lipinski definition) is 1. The molecule has 0 saturated carbocycles. The van der Waals surface area contributed by atoms with Gasteiger partial charge < -0.3 is 5.11 Å². The number of aromatic nitrogens is 4. The van der Waals surface area contributed by atoms with E-state index >= 15 is 0 Å². The van der Waals surface area contributed by atoms with Crippen LogP contribution in [0.25, 0.3) is 5.13 Å². The number of carboxylic acids is 1. The molecule has 2 aromatic heterocycles. The van der Waals surface area contributed by atoms with E-state index in [2.05, 4.69) is 15.3 Å². The van der Waals surface area contributed by atoms with Crippen molar-refractivity contribution in [3.05, 3.63) is 22.5 Å². The van der Waals surface area contributed by atoms with Gasteiger partial charge in [0.1, 0.15) is 0 Å². The highest BCUT2D eigenvalue weighted by Crippen LogP contribution is 2.23. The predicted molar refractivity (Wildman–Crippen MR) is 62.8 cm³/mol. The summed E-state index contributed by atoms with van der Waals surface area (Å²) in [5.74, 6) is -1.05. The van der Waals surface area contributed by atoms with Gasteiger partial charge in [0.25, 0.3) is 0 Å². The minimum absolute atomic E-state index is 0.00662. The molecule has 0 aliphatic rings. The van der Waals surface area contributed by atoms with Crippen LogP contribution in [0.3, 0.4) is 0 Å². The van der Waals surface area contributed by atoms with Gasteiger partial charge in [-0.05, 0) is 12.8 Å². The number of carboxylic acid groups (broad SMARTS) is 1. The molecule has 0 aromatic carbocycles. The van der Waals surface area contributed by atoms with Crippen LogP contribution in [0.2, 0.25) is 0 Å². The average Bonchev–Trinajstić information content (AvgIpc) is 2.82. The summed E-state index contributed by atoms with van der Waals surface area (Å²) < 4.78 is 1.51. The quantitative estimate of drug-likeness (QED) is 0.901. The lowest BCUT2D eigenvalue weighted by molar-refractivity contribution is 0.0688. The number of aromatic carboxylic acids is 1. The Morgan fingerprint density at radius 1 is 1.53 bits per heavy atom. The summed E-state index contributed by atoms with van der Waals surface area (Å²) >= 11 is 1.42.